The molecule has 1 fully saturated rings. The van der Waals surface area contributed by atoms with Gasteiger partial charge in [0.15, 0.2) is 23.1 Å². The Balaban J connectivity index is 3.18. The fourth-order valence-electron chi connectivity index (χ4n) is 2.67. The summed E-state index contributed by atoms with van der Waals surface area (Å²) in [6.45, 7) is 7.74. The lowest BCUT2D eigenvalue weighted by Gasteiger charge is -2.40. The van der Waals surface area contributed by atoms with Crippen LogP contribution in [-0.2, 0) is 19.2 Å². The van der Waals surface area contributed by atoms with Crippen molar-refractivity contribution >= 4 is 70.9 Å². The Morgan fingerprint density at radius 2 is 1.41 bits per heavy atom. The largest absolute Gasteiger partial charge is 0.298 e. The van der Waals surface area contributed by atoms with Crippen LogP contribution in [0.25, 0.3) is 0 Å². The average molecular weight is 503 g/mol. The maximum atomic E-state index is 12.5. The fraction of sp³-hybridized carbons (Fsp3) is 0.733. The highest BCUT2D eigenvalue weighted by Gasteiger charge is 2.59. The van der Waals surface area contributed by atoms with Gasteiger partial charge in [0, 0.05) is 6.42 Å². The third-order valence-electron chi connectivity index (χ3n) is 4.28. The molecule has 22 heavy (non-hydrogen) atoms. The van der Waals surface area contributed by atoms with Crippen LogP contribution in [0, 0.1) is 22.7 Å². The van der Waals surface area contributed by atoms with E-state index >= 15 is 0 Å². The summed E-state index contributed by atoms with van der Waals surface area (Å²) in [6.07, 6.45) is 0.0320. The molecule has 0 bridgehead atoms. The minimum Gasteiger partial charge on any atom is -0.298 e. The molecule has 0 heterocycles. The molecule has 0 saturated heterocycles. The summed E-state index contributed by atoms with van der Waals surface area (Å²) in [5.74, 6) is -3.63. The number of halogens is 3. The molecule has 1 aliphatic carbocycles. The molecular formula is C15H19Br3O4. The van der Waals surface area contributed by atoms with Crippen molar-refractivity contribution in [2.75, 3.05) is 0 Å². The van der Waals surface area contributed by atoms with Crippen LogP contribution >= 0.6 is 47.8 Å². The van der Waals surface area contributed by atoms with Crippen LogP contribution in [0.5, 0.6) is 0 Å². The highest BCUT2D eigenvalue weighted by molar-refractivity contribution is 9.39. The lowest BCUT2D eigenvalue weighted by molar-refractivity contribution is -0.161. The summed E-state index contributed by atoms with van der Waals surface area (Å²) >= 11 is 10.0. The van der Waals surface area contributed by atoms with Crippen LogP contribution in [-0.4, -0.2) is 25.3 Å². The van der Waals surface area contributed by atoms with Gasteiger partial charge >= 0.3 is 0 Å². The molecule has 0 radical (unpaired) electrons. The molecule has 0 aromatic carbocycles. The number of rotatable bonds is 3. The van der Waals surface area contributed by atoms with E-state index in [4.69, 9.17) is 0 Å². The molecule has 124 valence electrons. The second-order valence-corrected chi connectivity index (χ2v) is 13.8. The van der Waals surface area contributed by atoms with Crippen molar-refractivity contribution in [2.45, 2.75) is 43.2 Å². The Bertz CT molecular complexity index is 513. The van der Waals surface area contributed by atoms with Crippen LogP contribution in [0.3, 0.4) is 0 Å². The topological polar surface area (TPSA) is 68.3 Å². The first-order chi connectivity index (χ1) is 9.65. The maximum absolute atomic E-state index is 12.5. The minimum atomic E-state index is -1.36. The molecule has 0 amide bonds. The Morgan fingerprint density at radius 3 is 1.73 bits per heavy atom. The van der Waals surface area contributed by atoms with Gasteiger partial charge in [-0.05, 0) is 33.6 Å². The van der Waals surface area contributed by atoms with Gasteiger partial charge in [0.05, 0.1) is 10.8 Å². The van der Waals surface area contributed by atoms with Gasteiger partial charge in [-0.25, -0.2) is 0 Å². The molecule has 0 aliphatic heterocycles. The van der Waals surface area contributed by atoms with Crippen LogP contribution < -0.4 is 0 Å². The van der Waals surface area contributed by atoms with Gasteiger partial charge in [0.25, 0.3) is 0 Å². The van der Waals surface area contributed by atoms with E-state index in [1.54, 1.807) is 6.92 Å². The molecule has 1 rings (SSSR count). The summed E-state index contributed by atoms with van der Waals surface area (Å²) in [7, 11) is 0. The van der Waals surface area contributed by atoms with E-state index in [1.807, 2.05) is 0 Å². The van der Waals surface area contributed by atoms with E-state index in [0.717, 1.165) is 0 Å². The van der Waals surface area contributed by atoms with Crippen LogP contribution in [0.1, 0.15) is 41.0 Å². The van der Waals surface area contributed by atoms with Gasteiger partial charge in [0.2, 0.25) is 0 Å². The van der Waals surface area contributed by atoms with E-state index in [9.17, 15) is 19.2 Å². The molecule has 0 spiro atoms. The van der Waals surface area contributed by atoms with Gasteiger partial charge in [-0.2, -0.15) is 0 Å². The van der Waals surface area contributed by atoms with E-state index < -0.39 is 42.0 Å². The van der Waals surface area contributed by atoms with Crippen molar-refractivity contribution in [3.8, 4) is 0 Å². The third-order valence-corrected chi connectivity index (χ3v) is 6.62. The number of alkyl halides is 3. The van der Waals surface area contributed by atoms with Crippen molar-refractivity contribution < 1.29 is 19.2 Å². The first-order valence-corrected chi connectivity index (χ1v) is 9.26. The highest BCUT2D eigenvalue weighted by Crippen LogP contribution is 2.45. The van der Waals surface area contributed by atoms with Crippen LogP contribution in [0.4, 0.5) is 0 Å². The summed E-state index contributed by atoms with van der Waals surface area (Å²) in [5.41, 5.74) is -2.65. The van der Waals surface area contributed by atoms with Crippen molar-refractivity contribution in [3.05, 3.63) is 0 Å². The van der Waals surface area contributed by atoms with E-state index in [2.05, 4.69) is 47.8 Å². The molecule has 1 atom stereocenters. The molecule has 1 saturated carbocycles. The average Bonchev–Trinajstić information content (AvgIpc) is 2.34. The van der Waals surface area contributed by atoms with Gasteiger partial charge in [0.1, 0.15) is 8.06 Å². The van der Waals surface area contributed by atoms with Gasteiger partial charge in [-0.1, -0.05) is 54.7 Å². The molecule has 4 nitrogen and oxygen atoms in total. The van der Waals surface area contributed by atoms with Crippen LogP contribution in [0.15, 0.2) is 0 Å². The Morgan fingerprint density at radius 1 is 1.05 bits per heavy atom. The first kappa shape index (κ1) is 20.2. The first-order valence-electron chi connectivity index (χ1n) is 6.88. The fourth-order valence-corrected chi connectivity index (χ4v) is 3.16. The molecule has 0 aromatic rings. The standard InChI is InChI=1S/C15H19Br3O4/c1-7(15(16,17)18)6-8(19)9-10(20)13(2,3)12(22)14(4,5)11(9)21/h7,9H,6H2,1-5H3. The normalized spacial score (nSPS) is 23.5. The summed E-state index contributed by atoms with van der Waals surface area (Å²) in [6, 6.07) is 0. The zero-order valence-electron chi connectivity index (χ0n) is 13.1. The third kappa shape index (κ3) is 3.46. The second kappa shape index (κ2) is 6.20. The smallest absolute Gasteiger partial charge is 0.163 e. The van der Waals surface area contributed by atoms with E-state index in [1.165, 1.54) is 27.7 Å². The monoisotopic (exact) mass is 500 g/mol. The predicted molar refractivity (Wildman–Crippen MR) is 94.4 cm³/mol. The Kier molecular flexibility index (Phi) is 5.69. The molecule has 7 heteroatoms. The Labute approximate surface area is 155 Å². The number of ketones is 4. The second-order valence-electron chi connectivity index (χ2n) is 6.85. The lowest BCUT2D eigenvalue weighted by Crippen LogP contribution is -2.59. The van der Waals surface area contributed by atoms with Gasteiger partial charge < -0.3 is 0 Å². The maximum Gasteiger partial charge on any atom is 0.163 e. The number of carbonyl (C=O) groups excluding carboxylic acids is 4. The van der Waals surface area contributed by atoms with E-state index in [0.29, 0.717) is 0 Å². The predicted octanol–water partition coefficient (Wildman–Crippen LogP) is 3.81. The number of Topliss-reactive ketones (excluding diaryl/α,β-unsaturated/α-hetero) is 4. The van der Waals surface area contributed by atoms with Crippen molar-refractivity contribution in [1.82, 2.24) is 0 Å². The van der Waals surface area contributed by atoms with Crippen molar-refractivity contribution in [3.63, 3.8) is 0 Å². The summed E-state index contributed by atoms with van der Waals surface area (Å²) < 4.78 is -0.649. The Hall–Kier alpha value is 0.120. The summed E-state index contributed by atoms with van der Waals surface area (Å²) in [5, 5.41) is 0. The number of carbonyl (C=O) groups is 4. The van der Waals surface area contributed by atoms with Crippen LogP contribution in [0.2, 0.25) is 0 Å². The van der Waals surface area contributed by atoms with E-state index in [-0.39, 0.29) is 12.3 Å². The quantitative estimate of drug-likeness (QED) is 0.435. The zero-order valence-corrected chi connectivity index (χ0v) is 17.9. The zero-order chi connectivity index (χ0) is 17.7. The molecular weight excluding hydrogens is 484 g/mol. The highest BCUT2D eigenvalue weighted by atomic mass is 80.0. The van der Waals surface area contributed by atoms with Crippen molar-refractivity contribution in [2.24, 2.45) is 22.7 Å². The number of hydrogen-bond acceptors (Lipinski definition) is 4. The van der Waals surface area contributed by atoms with Gasteiger partial charge in [-0.15, -0.1) is 0 Å². The SMILES string of the molecule is CC(CC(=O)C1C(=O)C(C)(C)C(=O)C(C)(C)C1=O)C(Br)(Br)Br. The molecule has 1 aliphatic rings. The number of hydrogen-bond donors (Lipinski definition) is 0. The summed E-state index contributed by atoms with van der Waals surface area (Å²) in [4.78, 5) is 50.0. The lowest BCUT2D eigenvalue weighted by atomic mass is 9.57. The molecule has 1 unspecified atom stereocenters. The molecule has 0 aromatic heterocycles. The molecule has 0 N–H and O–H groups in total. The van der Waals surface area contributed by atoms with Gasteiger partial charge in [-0.3, -0.25) is 19.2 Å². The van der Waals surface area contributed by atoms with Crippen molar-refractivity contribution in [1.29, 1.82) is 0 Å². The minimum absolute atomic E-state index is 0.0320.